The second-order valence-corrected chi connectivity index (χ2v) is 19.8. The zero-order valence-electron chi connectivity index (χ0n) is 40.2. The van der Waals surface area contributed by atoms with Crippen LogP contribution in [0.4, 0.5) is 22.7 Å². The fourth-order valence-electron chi connectivity index (χ4n) is 8.72. The van der Waals surface area contributed by atoms with Crippen LogP contribution in [0.1, 0.15) is 94.2 Å². The van der Waals surface area contributed by atoms with Gasteiger partial charge in [-0.15, -0.1) is 0 Å². The van der Waals surface area contributed by atoms with Crippen LogP contribution in [-0.4, -0.2) is 16.2 Å². The molecule has 3 heterocycles. The van der Waals surface area contributed by atoms with E-state index in [1.165, 1.54) is 16.8 Å². The molecule has 6 aromatic carbocycles. The van der Waals surface area contributed by atoms with Crippen LogP contribution in [0.25, 0.3) is 38.8 Å². The lowest BCUT2D eigenvalue weighted by Gasteiger charge is -2.25. The Bertz CT molecular complexity index is 3090. The largest absolute Gasteiger partial charge is 0.457 e. The second-order valence-electron chi connectivity index (χ2n) is 19.8. The number of aromatic nitrogens is 2. The summed E-state index contributed by atoms with van der Waals surface area (Å²) in [6, 6.07) is 46.7. The summed E-state index contributed by atoms with van der Waals surface area (Å²) in [6.45, 7) is 20.2. The highest BCUT2D eigenvalue weighted by Gasteiger charge is 2.29. The summed E-state index contributed by atoms with van der Waals surface area (Å²) in [5, 5.41) is 2.17. The molecule has 0 fully saturated rings. The van der Waals surface area contributed by atoms with E-state index in [4.69, 9.17) is 13.8 Å². The van der Waals surface area contributed by atoms with Gasteiger partial charge >= 0.3 is 0 Å². The fraction of sp³-hybridized carbons (Fsp3) is 0.268. The van der Waals surface area contributed by atoms with Crippen molar-refractivity contribution in [1.29, 1.82) is 0 Å². The summed E-state index contributed by atoms with van der Waals surface area (Å²) in [6.07, 6.45) is 1.79. The molecule has 61 heavy (non-hydrogen) atoms. The van der Waals surface area contributed by atoms with Gasteiger partial charge in [0.15, 0.2) is 0 Å². The lowest BCUT2D eigenvalue weighted by molar-refractivity contribution is 0.483. The maximum absolute atomic E-state index is 8.63. The number of ether oxygens (including phenoxy) is 1. The summed E-state index contributed by atoms with van der Waals surface area (Å²) < 4.78 is 34.8. The maximum atomic E-state index is 8.63. The van der Waals surface area contributed by atoms with Gasteiger partial charge in [0.1, 0.15) is 24.0 Å². The van der Waals surface area contributed by atoms with E-state index in [0.717, 1.165) is 66.9 Å². The summed E-state index contributed by atoms with van der Waals surface area (Å²) in [4.78, 5) is 9.70. The third-order valence-corrected chi connectivity index (χ3v) is 12.2. The SMILES string of the molecule is [2H]C([2H])([2H])c1cc(C(C)(C)C)cc(C)c1-c1ccnc(-n2c3cc(Oc4cccc(N5CN(c6cccc(C(C)(C)C)c6)c6ccccc65)c4)ccc3c3ccc(C(C)(C)C)cc32)c1. The first-order valence-electron chi connectivity index (χ1n) is 22.9. The molecule has 0 spiro atoms. The lowest BCUT2D eigenvalue weighted by atomic mass is 9.83. The number of para-hydroxylation sites is 2. The van der Waals surface area contributed by atoms with E-state index in [9.17, 15) is 0 Å². The minimum Gasteiger partial charge on any atom is -0.457 e. The van der Waals surface area contributed by atoms with Crippen LogP contribution in [0.15, 0.2) is 140 Å². The molecular formula is C56H58N4O. The normalized spacial score (nSPS) is 14.3. The van der Waals surface area contributed by atoms with Crippen molar-refractivity contribution in [2.75, 3.05) is 16.5 Å². The molecule has 0 aliphatic carbocycles. The van der Waals surface area contributed by atoms with Crippen LogP contribution in [0.5, 0.6) is 11.5 Å². The smallest absolute Gasteiger partial charge is 0.138 e. The van der Waals surface area contributed by atoms with E-state index in [0.29, 0.717) is 23.8 Å². The molecule has 308 valence electrons. The molecular weight excluding hydrogens is 745 g/mol. The van der Waals surface area contributed by atoms with Crippen molar-refractivity contribution >= 4 is 44.6 Å². The molecule has 0 atom stereocenters. The molecule has 1 aliphatic rings. The number of hydrogen-bond donors (Lipinski definition) is 0. The summed E-state index contributed by atoms with van der Waals surface area (Å²) in [7, 11) is 0. The molecule has 0 saturated carbocycles. The van der Waals surface area contributed by atoms with Crippen molar-refractivity contribution in [3.63, 3.8) is 0 Å². The van der Waals surface area contributed by atoms with Gasteiger partial charge in [0.05, 0.1) is 22.4 Å². The van der Waals surface area contributed by atoms with Crippen LogP contribution in [0.3, 0.4) is 0 Å². The van der Waals surface area contributed by atoms with Crippen LogP contribution >= 0.6 is 0 Å². The molecule has 1 aliphatic heterocycles. The van der Waals surface area contributed by atoms with E-state index in [2.05, 4.69) is 180 Å². The van der Waals surface area contributed by atoms with Gasteiger partial charge in [0, 0.05) is 44.6 Å². The number of anilines is 4. The van der Waals surface area contributed by atoms with Crippen LogP contribution < -0.4 is 14.5 Å². The predicted molar refractivity (Wildman–Crippen MR) is 258 cm³/mol. The fourth-order valence-corrected chi connectivity index (χ4v) is 8.72. The Hall–Kier alpha value is -6.33. The highest BCUT2D eigenvalue weighted by molar-refractivity contribution is 6.10. The lowest BCUT2D eigenvalue weighted by Crippen LogP contribution is -2.24. The number of rotatable bonds is 6. The zero-order valence-corrected chi connectivity index (χ0v) is 37.2. The van der Waals surface area contributed by atoms with Crippen LogP contribution in [0.2, 0.25) is 0 Å². The topological polar surface area (TPSA) is 33.5 Å². The zero-order chi connectivity index (χ0) is 45.5. The van der Waals surface area contributed by atoms with Crippen molar-refractivity contribution in [2.24, 2.45) is 0 Å². The predicted octanol–water partition coefficient (Wildman–Crippen LogP) is 15.4. The van der Waals surface area contributed by atoms with Gasteiger partial charge in [-0.1, -0.05) is 117 Å². The van der Waals surface area contributed by atoms with Gasteiger partial charge in [0.25, 0.3) is 0 Å². The number of nitrogens with zero attached hydrogens (tertiary/aromatic N) is 4. The summed E-state index contributed by atoms with van der Waals surface area (Å²) in [5.41, 5.74) is 12.5. The number of benzene rings is 6. The van der Waals surface area contributed by atoms with Gasteiger partial charge in [0.2, 0.25) is 0 Å². The van der Waals surface area contributed by atoms with E-state index < -0.39 is 6.85 Å². The summed E-state index contributed by atoms with van der Waals surface area (Å²) >= 11 is 0. The van der Waals surface area contributed by atoms with E-state index >= 15 is 0 Å². The molecule has 8 aromatic rings. The Morgan fingerprint density at radius 2 is 1.13 bits per heavy atom. The first-order chi connectivity index (χ1) is 30.1. The van der Waals surface area contributed by atoms with Crippen molar-refractivity contribution in [1.82, 2.24) is 9.55 Å². The molecule has 0 unspecified atom stereocenters. The van der Waals surface area contributed by atoms with Crippen molar-refractivity contribution in [3.8, 4) is 28.4 Å². The van der Waals surface area contributed by atoms with Gasteiger partial charge in [-0.05, 0) is 136 Å². The first-order valence-corrected chi connectivity index (χ1v) is 21.4. The number of aryl methyl sites for hydroxylation is 2. The summed E-state index contributed by atoms with van der Waals surface area (Å²) in [5.74, 6) is 2.12. The van der Waals surface area contributed by atoms with Crippen molar-refractivity contribution < 1.29 is 8.85 Å². The highest BCUT2D eigenvalue weighted by Crippen LogP contribution is 2.46. The Morgan fingerprint density at radius 1 is 0.541 bits per heavy atom. The van der Waals surface area contributed by atoms with Gasteiger partial charge in [-0.3, -0.25) is 4.57 Å². The highest BCUT2D eigenvalue weighted by atomic mass is 16.5. The average Bonchev–Trinajstić information content (AvgIpc) is 3.78. The maximum Gasteiger partial charge on any atom is 0.138 e. The third kappa shape index (κ3) is 7.45. The van der Waals surface area contributed by atoms with E-state index in [-0.39, 0.29) is 16.2 Å². The van der Waals surface area contributed by atoms with E-state index in [1.807, 2.05) is 37.3 Å². The van der Waals surface area contributed by atoms with Crippen LogP contribution in [0, 0.1) is 13.8 Å². The third-order valence-electron chi connectivity index (χ3n) is 12.2. The Labute approximate surface area is 366 Å². The van der Waals surface area contributed by atoms with Gasteiger partial charge in [-0.25, -0.2) is 4.98 Å². The number of fused-ring (bicyclic) bond motifs is 4. The minimum absolute atomic E-state index is 0.0390. The molecule has 0 N–H and O–H groups in total. The Morgan fingerprint density at radius 3 is 1.80 bits per heavy atom. The quantitative estimate of drug-likeness (QED) is 0.168. The van der Waals surface area contributed by atoms with Gasteiger partial charge in [-0.2, -0.15) is 0 Å². The Balaban J connectivity index is 1.12. The standard InChI is InChI=1S/C56H58N4O/c1-36-28-41(56(9,10)11)29-37(2)53(36)38-26-27-57-52(30-38)60-50-32-40(55(6,7)8)22-24-46(50)47-25-23-45(34-51(47)60)61-44-19-15-18-43(33-44)59-35-58(48-20-12-13-21-49(48)59)42-17-14-16-39(31-42)54(3,4)5/h12-34H,35H2,1-11H3/i1D3. The number of hydrogen-bond acceptors (Lipinski definition) is 4. The first kappa shape index (κ1) is 36.5. The molecule has 5 heteroatoms. The molecule has 9 rings (SSSR count). The molecule has 5 nitrogen and oxygen atoms in total. The molecule has 0 amide bonds. The van der Waals surface area contributed by atoms with E-state index in [1.54, 1.807) is 6.20 Å². The van der Waals surface area contributed by atoms with Crippen molar-refractivity contribution in [3.05, 3.63) is 167 Å². The minimum atomic E-state index is -2.31. The molecule has 0 radical (unpaired) electrons. The van der Waals surface area contributed by atoms with Crippen LogP contribution in [-0.2, 0) is 16.2 Å². The molecule has 0 saturated heterocycles. The van der Waals surface area contributed by atoms with Crippen molar-refractivity contribution in [2.45, 2.75) is 92.3 Å². The van der Waals surface area contributed by atoms with Gasteiger partial charge < -0.3 is 14.5 Å². The monoisotopic (exact) mass is 805 g/mol. The second kappa shape index (κ2) is 14.7. The molecule has 2 aromatic heterocycles. The Kier molecular flexibility index (Phi) is 8.79. The average molecular weight is 806 g/mol. The molecule has 0 bridgehead atoms. The number of pyridine rings is 1.